The van der Waals surface area contributed by atoms with Crippen LogP contribution in [0.4, 0.5) is 4.79 Å². The van der Waals surface area contributed by atoms with Gasteiger partial charge in [-0.1, -0.05) is 62.3 Å². The van der Waals surface area contributed by atoms with Gasteiger partial charge < -0.3 is 29.6 Å². The fourth-order valence-corrected chi connectivity index (χ4v) is 11.7. The molecule has 0 aromatic heterocycles. The van der Waals surface area contributed by atoms with Gasteiger partial charge in [0.15, 0.2) is 11.5 Å². The van der Waals surface area contributed by atoms with Crippen molar-refractivity contribution in [3.05, 3.63) is 29.0 Å². The number of carbonyl (C=O) groups is 2. The minimum Gasteiger partial charge on any atom is -0.540 e. The quantitative estimate of drug-likeness (QED) is 0.316. The zero-order valence-corrected chi connectivity index (χ0v) is 26.4. The van der Waals surface area contributed by atoms with Gasteiger partial charge in [0.1, 0.15) is 5.75 Å². The fraction of sp³-hybridized carbons (Fsp3) is 0.667. The minimum absolute atomic E-state index is 0.0392. The SMILES string of the molecule is COc1c(O[Si](C(C)C)(C(C)C)C(C)C)cc(OC(N)=O)c(C(=O)N2C=C(C3CC3)C[C@H]2CO)c1C(C)(C)C. The van der Waals surface area contributed by atoms with E-state index in [0.717, 1.165) is 12.8 Å². The van der Waals surface area contributed by atoms with E-state index >= 15 is 0 Å². The molecule has 0 spiro atoms. The molecule has 1 aromatic carbocycles. The van der Waals surface area contributed by atoms with Crippen LogP contribution >= 0.6 is 0 Å². The van der Waals surface area contributed by atoms with Crippen molar-refractivity contribution >= 4 is 20.3 Å². The first-order chi connectivity index (χ1) is 18.1. The van der Waals surface area contributed by atoms with E-state index in [1.54, 1.807) is 18.1 Å². The lowest BCUT2D eigenvalue weighted by molar-refractivity contribution is 0.0726. The van der Waals surface area contributed by atoms with Gasteiger partial charge in [0.05, 0.1) is 25.3 Å². The van der Waals surface area contributed by atoms with Crippen LogP contribution in [0.5, 0.6) is 17.2 Å². The molecule has 3 N–H and O–H groups in total. The molecule has 1 fully saturated rings. The molecule has 8 nitrogen and oxygen atoms in total. The minimum atomic E-state index is -2.45. The number of nitrogens with two attached hydrogens (primary N) is 1. The average Bonchev–Trinajstić information content (AvgIpc) is 3.58. The summed E-state index contributed by atoms with van der Waals surface area (Å²) in [5.41, 5.74) is 7.71. The largest absolute Gasteiger partial charge is 0.540 e. The first-order valence-corrected chi connectivity index (χ1v) is 16.3. The number of aliphatic hydroxyl groups is 1. The Balaban J connectivity index is 2.32. The number of amides is 2. The molecule has 1 aromatic rings. The summed E-state index contributed by atoms with van der Waals surface area (Å²) in [6.07, 6.45) is 3.68. The van der Waals surface area contributed by atoms with Gasteiger partial charge in [-0.15, -0.1) is 0 Å². The maximum absolute atomic E-state index is 14.3. The second-order valence-electron chi connectivity index (χ2n) is 13.0. The Kier molecular flexibility index (Phi) is 9.17. The number of nitrogens with zero attached hydrogens (tertiary/aromatic N) is 1. The summed E-state index contributed by atoms with van der Waals surface area (Å²) in [5, 5.41) is 10.2. The van der Waals surface area contributed by atoms with Crippen LogP contribution in [-0.4, -0.2) is 50.1 Å². The van der Waals surface area contributed by atoms with Crippen molar-refractivity contribution in [2.24, 2.45) is 11.7 Å². The topological polar surface area (TPSA) is 111 Å². The molecular weight excluding hydrogens is 512 g/mol. The Labute approximate surface area is 235 Å². The van der Waals surface area contributed by atoms with Crippen LogP contribution in [0.2, 0.25) is 16.6 Å². The maximum Gasteiger partial charge on any atom is 0.409 e. The highest BCUT2D eigenvalue weighted by Gasteiger charge is 2.48. The van der Waals surface area contributed by atoms with Gasteiger partial charge in [-0.25, -0.2) is 4.79 Å². The van der Waals surface area contributed by atoms with Crippen LogP contribution in [0.3, 0.4) is 0 Å². The number of carbonyl (C=O) groups excluding carboxylic acids is 2. The highest BCUT2D eigenvalue weighted by molar-refractivity contribution is 6.78. The van der Waals surface area contributed by atoms with Crippen molar-refractivity contribution < 1.29 is 28.6 Å². The number of primary amides is 1. The van der Waals surface area contributed by atoms with E-state index in [-0.39, 0.29) is 46.5 Å². The lowest BCUT2D eigenvalue weighted by Gasteiger charge is -2.43. The number of rotatable bonds is 10. The number of hydrogen-bond acceptors (Lipinski definition) is 6. The molecular formula is C30H48N2O6Si. The predicted octanol–water partition coefficient (Wildman–Crippen LogP) is 6.51. The standard InChI is InChI=1S/C30H48N2O6Si/c1-17(2)39(18(3)4,19(5)6)38-24-14-23(37-29(31)35)25(26(27(24)36-10)30(7,8)9)28(34)32-15-21(20-11-12-20)13-22(32)16-33/h14-15,17-20,22,33H,11-13,16H2,1-10H3,(H2,31,35)/t22-/m0/s1. The summed E-state index contributed by atoms with van der Waals surface area (Å²) in [7, 11) is -0.882. The van der Waals surface area contributed by atoms with E-state index in [9.17, 15) is 14.7 Å². The Morgan fingerprint density at radius 3 is 2.05 bits per heavy atom. The smallest absolute Gasteiger partial charge is 0.409 e. The van der Waals surface area contributed by atoms with Crippen molar-refractivity contribution in [2.75, 3.05) is 13.7 Å². The highest BCUT2D eigenvalue weighted by atomic mass is 28.4. The summed E-state index contributed by atoms with van der Waals surface area (Å²) < 4.78 is 18.6. The monoisotopic (exact) mass is 560 g/mol. The van der Waals surface area contributed by atoms with Crippen LogP contribution in [0.1, 0.15) is 97.5 Å². The molecule has 0 radical (unpaired) electrons. The molecule has 0 unspecified atom stereocenters. The fourth-order valence-electron chi connectivity index (χ4n) is 6.50. The summed E-state index contributed by atoms with van der Waals surface area (Å²) >= 11 is 0. The second kappa shape index (κ2) is 11.5. The summed E-state index contributed by atoms with van der Waals surface area (Å²) in [4.78, 5) is 28.0. The summed E-state index contributed by atoms with van der Waals surface area (Å²) in [6, 6.07) is 1.21. The van der Waals surface area contributed by atoms with Crippen LogP contribution < -0.4 is 19.6 Å². The lowest BCUT2D eigenvalue weighted by Crippen LogP contribution is -2.50. The number of ether oxygens (including phenoxy) is 2. The average molecular weight is 561 g/mol. The third kappa shape index (κ3) is 5.99. The van der Waals surface area contributed by atoms with E-state index in [1.807, 2.05) is 27.0 Å². The molecule has 9 heteroatoms. The van der Waals surface area contributed by atoms with Crippen molar-refractivity contribution in [3.63, 3.8) is 0 Å². The molecule has 1 aliphatic carbocycles. The van der Waals surface area contributed by atoms with Crippen LogP contribution in [0, 0.1) is 5.92 Å². The van der Waals surface area contributed by atoms with Gasteiger partial charge in [-0.2, -0.15) is 0 Å². The van der Waals surface area contributed by atoms with Crippen LogP contribution in [0.25, 0.3) is 0 Å². The molecule has 2 aliphatic rings. The molecule has 2 amide bonds. The molecule has 39 heavy (non-hydrogen) atoms. The first kappa shape index (κ1) is 31.0. The number of benzene rings is 1. The summed E-state index contributed by atoms with van der Waals surface area (Å²) in [5.74, 6) is 1.04. The Morgan fingerprint density at radius 1 is 1.08 bits per heavy atom. The number of hydrogen-bond donors (Lipinski definition) is 2. The molecule has 3 rings (SSSR count). The Morgan fingerprint density at radius 2 is 1.64 bits per heavy atom. The van der Waals surface area contributed by atoms with E-state index in [2.05, 4.69) is 41.5 Å². The van der Waals surface area contributed by atoms with E-state index in [1.165, 1.54) is 5.57 Å². The second-order valence-corrected chi connectivity index (χ2v) is 18.4. The van der Waals surface area contributed by atoms with Gasteiger partial charge in [0.25, 0.3) is 14.2 Å². The van der Waals surface area contributed by atoms with Crippen LogP contribution in [-0.2, 0) is 5.41 Å². The molecule has 218 valence electrons. The van der Waals surface area contributed by atoms with Gasteiger partial charge in [-0.3, -0.25) is 4.79 Å². The van der Waals surface area contributed by atoms with Gasteiger partial charge in [0, 0.05) is 17.8 Å². The third-order valence-corrected chi connectivity index (χ3v) is 14.3. The van der Waals surface area contributed by atoms with E-state index in [0.29, 0.717) is 29.4 Å². The summed E-state index contributed by atoms with van der Waals surface area (Å²) in [6.45, 7) is 18.9. The van der Waals surface area contributed by atoms with Crippen molar-refractivity contribution in [2.45, 2.75) is 110 Å². The van der Waals surface area contributed by atoms with Crippen molar-refractivity contribution in [1.29, 1.82) is 0 Å². The predicted molar refractivity (Wildman–Crippen MR) is 156 cm³/mol. The zero-order chi connectivity index (χ0) is 29.4. The lowest BCUT2D eigenvalue weighted by atomic mass is 9.81. The van der Waals surface area contributed by atoms with Gasteiger partial charge in [-0.05, 0) is 52.8 Å². The maximum atomic E-state index is 14.3. The molecule has 1 aliphatic heterocycles. The van der Waals surface area contributed by atoms with Crippen molar-refractivity contribution in [1.82, 2.24) is 4.90 Å². The van der Waals surface area contributed by atoms with Crippen molar-refractivity contribution in [3.8, 4) is 17.2 Å². The highest BCUT2D eigenvalue weighted by Crippen LogP contribution is 2.51. The van der Waals surface area contributed by atoms with Crippen LogP contribution in [0.15, 0.2) is 17.8 Å². The molecule has 0 bridgehead atoms. The molecule has 1 saturated carbocycles. The third-order valence-electron chi connectivity index (χ3n) is 8.30. The first-order valence-electron chi connectivity index (χ1n) is 14.2. The Bertz CT molecular complexity index is 1100. The zero-order valence-electron chi connectivity index (χ0n) is 25.4. The normalized spacial score (nSPS) is 18.2. The Hall–Kier alpha value is -2.52. The van der Waals surface area contributed by atoms with E-state index < -0.39 is 19.8 Å². The van der Waals surface area contributed by atoms with Gasteiger partial charge >= 0.3 is 6.09 Å². The number of methoxy groups -OCH3 is 1. The van der Waals surface area contributed by atoms with E-state index in [4.69, 9.17) is 19.6 Å². The number of aliphatic hydroxyl groups excluding tert-OH is 1. The molecule has 0 saturated heterocycles. The molecule has 1 heterocycles. The van der Waals surface area contributed by atoms with Gasteiger partial charge in [0.2, 0.25) is 0 Å². The molecule has 1 atom stereocenters.